The second kappa shape index (κ2) is 8.62. The van der Waals surface area contributed by atoms with E-state index in [9.17, 15) is 9.59 Å². The molecule has 1 aliphatic rings. The van der Waals surface area contributed by atoms with Crippen LogP contribution in [0.5, 0.6) is 0 Å². The molecule has 2 heterocycles. The van der Waals surface area contributed by atoms with Crippen LogP contribution in [0.3, 0.4) is 0 Å². The Kier molecular flexibility index (Phi) is 5.49. The monoisotopic (exact) mass is 455 g/mol. The average Bonchev–Trinajstić information content (AvgIpc) is 3.15. The summed E-state index contributed by atoms with van der Waals surface area (Å²) in [6.07, 6.45) is 1.12. The summed E-state index contributed by atoms with van der Waals surface area (Å²) in [5.74, 6) is -0.836. The van der Waals surface area contributed by atoms with Crippen LogP contribution in [0.2, 0.25) is 0 Å². The first-order valence-electron chi connectivity index (χ1n) is 11.3. The van der Waals surface area contributed by atoms with E-state index < -0.39 is 5.91 Å². The number of esters is 1. The van der Waals surface area contributed by atoms with Gasteiger partial charge in [0.1, 0.15) is 17.1 Å². The van der Waals surface area contributed by atoms with Crippen LogP contribution in [0.1, 0.15) is 36.2 Å². The van der Waals surface area contributed by atoms with E-state index >= 15 is 0 Å². The second-order valence-corrected chi connectivity index (χ2v) is 8.46. The van der Waals surface area contributed by atoms with Gasteiger partial charge in [-0.3, -0.25) is 9.59 Å². The van der Waals surface area contributed by atoms with Gasteiger partial charge in [0, 0.05) is 16.5 Å². The third-order valence-electron chi connectivity index (χ3n) is 6.31. The number of aromatic nitrogens is 3. The standard InChI is InChI=1S/C26H25N5O3/c1-2-34-26(33)18-12-19(13-18)31-24(27)22(25(28)32)23(30-31)17-9-8-16-10-11-20(29-21(16)14-17)15-6-4-3-5-7-15/h3-11,14,18-19H,2,12-13,27H2,1H3,(H2,28,32). The van der Waals surface area contributed by atoms with Crippen molar-refractivity contribution in [2.24, 2.45) is 11.7 Å². The minimum atomic E-state index is -0.647. The molecule has 0 spiro atoms. The lowest BCUT2D eigenvalue weighted by molar-refractivity contribution is -0.152. The number of nitrogens with zero attached hydrogens (tertiary/aromatic N) is 3. The second-order valence-electron chi connectivity index (χ2n) is 8.46. The maximum atomic E-state index is 12.3. The van der Waals surface area contributed by atoms with Gasteiger partial charge >= 0.3 is 5.97 Å². The third-order valence-corrected chi connectivity index (χ3v) is 6.31. The molecule has 0 radical (unpaired) electrons. The smallest absolute Gasteiger partial charge is 0.309 e. The normalized spacial score (nSPS) is 17.3. The summed E-state index contributed by atoms with van der Waals surface area (Å²) in [7, 11) is 0. The van der Waals surface area contributed by atoms with Crippen molar-refractivity contribution in [3.8, 4) is 22.5 Å². The van der Waals surface area contributed by atoms with Gasteiger partial charge < -0.3 is 16.2 Å². The summed E-state index contributed by atoms with van der Waals surface area (Å²) in [4.78, 5) is 29.1. The Morgan fingerprint density at radius 3 is 2.50 bits per heavy atom. The van der Waals surface area contributed by atoms with Gasteiger partial charge in [0.15, 0.2) is 0 Å². The fourth-order valence-corrected chi connectivity index (χ4v) is 4.45. The number of pyridine rings is 1. The highest BCUT2D eigenvalue weighted by atomic mass is 16.5. The summed E-state index contributed by atoms with van der Waals surface area (Å²) >= 11 is 0. The molecule has 172 valence electrons. The van der Waals surface area contributed by atoms with E-state index in [-0.39, 0.29) is 29.3 Å². The van der Waals surface area contributed by atoms with Gasteiger partial charge in [-0.15, -0.1) is 0 Å². The predicted molar refractivity (Wildman–Crippen MR) is 130 cm³/mol. The topological polar surface area (TPSA) is 126 Å². The Morgan fingerprint density at radius 2 is 1.79 bits per heavy atom. The fraction of sp³-hybridized carbons (Fsp3) is 0.231. The number of primary amides is 1. The summed E-state index contributed by atoms with van der Waals surface area (Å²) in [5, 5.41) is 5.63. The van der Waals surface area contributed by atoms with Crippen molar-refractivity contribution in [3.63, 3.8) is 0 Å². The van der Waals surface area contributed by atoms with E-state index in [1.807, 2.05) is 60.7 Å². The molecule has 0 saturated heterocycles. The van der Waals surface area contributed by atoms with Crippen LogP contribution in [-0.4, -0.2) is 33.2 Å². The molecule has 0 unspecified atom stereocenters. The van der Waals surface area contributed by atoms with Crippen molar-refractivity contribution in [1.82, 2.24) is 14.8 Å². The fourth-order valence-electron chi connectivity index (χ4n) is 4.45. The molecule has 8 nitrogen and oxygen atoms in total. The molecule has 4 N–H and O–H groups in total. The van der Waals surface area contributed by atoms with Gasteiger partial charge in [-0.2, -0.15) is 5.10 Å². The number of nitrogens with two attached hydrogens (primary N) is 2. The molecule has 2 aromatic heterocycles. The van der Waals surface area contributed by atoms with E-state index in [0.717, 1.165) is 22.2 Å². The Bertz CT molecular complexity index is 1390. The van der Waals surface area contributed by atoms with Gasteiger partial charge in [-0.1, -0.05) is 48.5 Å². The van der Waals surface area contributed by atoms with Gasteiger partial charge in [0.2, 0.25) is 0 Å². The van der Waals surface area contributed by atoms with E-state index in [0.29, 0.717) is 30.7 Å². The first-order valence-corrected chi connectivity index (χ1v) is 11.3. The number of carbonyl (C=O) groups is 2. The SMILES string of the molecule is CCOC(=O)C1CC(n2nc(-c3ccc4ccc(-c5ccccc5)nc4c3)c(C(N)=O)c2N)C1. The van der Waals surface area contributed by atoms with Gasteiger partial charge in [-0.25, -0.2) is 9.67 Å². The maximum absolute atomic E-state index is 12.3. The average molecular weight is 456 g/mol. The molecule has 4 aromatic rings. The molecule has 5 rings (SSSR count). The van der Waals surface area contributed by atoms with Gasteiger partial charge in [0.05, 0.1) is 29.8 Å². The number of hydrogen-bond acceptors (Lipinski definition) is 6. The minimum absolute atomic E-state index is 0.0930. The molecule has 1 aliphatic carbocycles. The van der Waals surface area contributed by atoms with Crippen molar-refractivity contribution in [3.05, 3.63) is 66.2 Å². The number of anilines is 1. The number of benzene rings is 2. The summed E-state index contributed by atoms with van der Waals surface area (Å²) < 4.78 is 6.71. The zero-order valence-corrected chi connectivity index (χ0v) is 18.8. The quantitative estimate of drug-likeness (QED) is 0.424. The highest BCUT2D eigenvalue weighted by Gasteiger charge is 2.39. The number of carbonyl (C=O) groups excluding carboxylic acids is 2. The first kappa shape index (κ1) is 21.6. The number of ether oxygens (including phenoxy) is 1. The van der Waals surface area contributed by atoms with Crippen molar-refractivity contribution in [1.29, 1.82) is 0 Å². The van der Waals surface area contributed by atoms with Crippen molar-refractivity contribution in [2.45, 2.75) is 25.8 Å². The van der Waals surface area contributed by atoms with E-state index in [4.69, 9.17) is 21.2 Å². The van der Waals surface area contributed by atoms with Crippen LogP contribution in [-0.2, 0) is 9.53 Å². The van der Waals surface area contributed by atoms with Crippen LogP contribution in [0.15, 0.2) is 60.7 Å². The Balaban J connectivity index is 1.51. The van der Waals surface area contributed by atoms with Crippen LogP contribution in [0, 0.1) is 5.92 Å². The van der Waals surface area contributed by atoms with E-state index in [2.05, 4.69) is 5.10 Å². The van der Waals surface area contributed by atoms with E-state index in [1.165, 1.54) is 0 Å². The summed E-state index contributed by atoms with van der Waals surface area (Å²) in [5.41, 5.74) is 15.9. The molecule has 0 aliphatic heterocycles. The van der Waals surface area contributed by atoms with Crippen molar-refractivity contribution in [2.75, 3.05) is 12.3 Å². The highest BCUT2D eigenvalue weighted by molar-refractivity contribution is 6.04. The van der Waals surface area contributed by atoms with Gasteiger partial charge in [0.25, 0.3) is 5.91 Å². The summed E-state index contributed by atoms with van der Waals surface area (Å²) in [6, 6.07) is 19.5. The van der Waals surface area contributed by atoms with E-state index in [1.54, 1.807) is 11.6 Å². The molecular weight excluding hydrogens is 430 g/mol. The number of fused-ring (bicyclic) bond motifs is 1. The Labute approximate surface area is 196 Å². The highest BCUT2D eigenvalue weighted by Crippen LogP contribution is 2.41. The zero-order valence-electron chi connectivity index (χ0n) is 18.8. The molecule has 8 heteroatoms. The summed E-state index contributed by atoms with van der Waals surface area (Å²) in [6.45, 7) is 2.13. The molecule has 2 aromatic carbocycles. The number of amides is 1. The first-order chi connectivity index (χ1) is 16.5. The minimum Gasteiger partial charge on any atom is -0.466 e. The third kappa shape index (κ3) is 3.77. The largest absolute Gasteiger partial charge is 0.466 e. The zero-order chi connectivity index (χ0) is 23.8. The Morgan fingerprint density at radius 1 is 1.06 bits per heavy atom. The molecule has 34 heavy (non-hydrogen) atoms. The number of rotatable bonds is 6. The molecule has 1 saturated carbocycles. The lowest BCUT2D eigenvalue weighted by atomic mass is 9.80. The molecule has 1 fully saturated rings. The molecule has 1 amide bonds. The van der Waals surface area contributed by atoms with Crippen molar-refractivity contribution < 1.29 is 14.3 Å². The lowest BCUT2D eigenvalue weighted by Gasteiger charge is -2.34. The molecule has 0 atom stereocenters. The van der Waals surface area contributed by atoms with Crippen LogP contribution >= 0.6 is 0 Å². The predicted octanol–water partition coefficient (Wildman–Crippen LogP) is 3.96. The maximum Gasteiger partial charge on any atom is 0.309 e. The number of hydrogen-bond donors (Lipinski definition) is 2. The molecular formula is C26H25N5O3. The van der Waals surface area contributed by atoms with Crippen LogP contribution in [0.25, 0.3) is 33.4 Å². The van der Waals surface area contributed by atoms with Gasteiger partial charge in [-0.05, 0) is 31.9 Å². The van der Waals surface area contributed by atoms with Crippen molar-refractivity contribution >= 4 is 28.6 Å². The lowest BCUT2D eigenvalue weighted by Crippen LogP contribution is -2.34. The Hall–Kier alpha value is -4.20. The molecule has 0 bridgehead atoms. The van der Waals surface area contributed by atoms with Crippen LogP contribution in [0.4, 0.5) is 5.82 Å². The number of nitrogen functional groups attached to an aromatic ring is 1. The van der Waals surface area contributed by atoms with Crippen LogP contribution < -0.4 is 11.5 Å².